The van der Waals surface area contributed by atoms with Crippen molar-refractivity contribution in [2.75, 3.05) is 7.11 Å². The van der Waals surface area contributed by atoms with Crippen LogP contribution < -0.4 is 4.74 Å². The monoisotopic (exact) mass is 184 g/mol. The number of phenolic OH excluding ortho intramolecular Hbond substituents is 1. The van der Waals surface area contributed by atoms with Gasteiger partial charge in [-0.3, -0.25) is 0 Å². The lowest BCUT2D eigenvalue weighted by Gasteiger charge is -2.08. The first-order valence-electron chi connectivity index (χ1n) is 4.24. The molecule has 0 aliphatic heterocycles. The Morgan fingerprint density at radius 2 is 2.15 bits per heavy atom. The van der Waals surface area contributed by atoms with Gasteiger partial charge in [0.15, 0.2) is 11.6 Å². The standard InChI is InChI=1S/C10H13FO2/c1-3-4-7-5-8(11)9(12)6-10(7)13-2/h5-6,12H,3-4H2,1-2H3. The quantitative estimate of drug-likeness (QED) is 0.782. The van der Waals surface area contributed by atoms with Gasteiger partial charge >= 0.3 is 0 Å². The van der Waals surface area contributed by atoms with E-state index in [1.807, 2.05) is 6.92 Å². The van der Waals surface area contributed by atoms with Crippen LogP contribution >= 0.6 is 0 Å². The van der Waals surface area contributed by atoms with E-state index in [2.05, 4.69) is 0 Å². The molecule has 1 aromatic rings. The second-order valence-corrected chi connectivity index (χ2v) is 2.87. The third-order valence-electron chi connectivity index (χ3n) is 1.87. The van der Waals surface area contributed by atoms with Gasteiger partial charge in [-0.1, -0.05) is 13.3 Å². The van der Waals surface area contributed by atoms with Crippen LogP contribution in [0.3, 0.4) is 0 Å². The predicted molar refractivity (Wildman–Crippen MR) is 48.6 cm³/mol. The van der Waals surface area contributed by atoms with Crippen molar-refractivity contribution < 1.29 is 14.2 Å². The lowest BCUT2D eigenvalue weighted by atomic mass is 10.1. The molecule has 3 heteroatoms. The van der Waals surface area contributed by atoms with Crippen LogP contribution in [0.1, 0.15) is 18.9 Å². The molecule has 1 N–H and O–H groups in total. The summed E-state index contributed by atoms with van der Waals surface area (Å²) in [5.41, 5.74) is 0.792. The summed E-state index contributed by atoms with van der Waals surface area (Å²) >= 11 is 0. The third kappa shape index (κ3) is 2.11. The molecule has 0 saturated heterocycles. The Kier molecular flexibility index (Phi) is 3.12. The van der Waals surface area contributed by atoms with E-state index in [4.69, 9.17) is 9.84 Å². The van der Waals surface area contributed by atoms with Gasteiger partial charge in [-0.05, 0) is 18.1 Å². The third-order valence-corrected chi connectivity index (χ3v) is 1.87. The zero-order valence-corrected chi connectivity index (χ0v) is 7.80. The van der Waals surface area contributed by atoms with Gasteiger partial charge in [0.2, 0.25) is 0 Å². The zero-order chi connectivity index (χ0) is 9.84. The van der Waals surface area contributed by atoms with Gasteiger partial charge in [0.1, 0.15) is 5.75 Å². The summed E-state index contributed by atoms with van der Waals surface area (Å²) in [5.74, 6) is -0.415. The highest BCUT2D eigenvalue weighted by Gasteiger charge is 2.08. The Morgan fingerprint density at radius 1 is 1.46 bits per heavy atom. The van der Waals surface area contributed by atoms with Gasteiger partial charge in [0.05, 0.1) is 7.11 Å². The first-order chi connectivity index (χ1) is 6.19. The Hall–Kier alpha value is -1.25. The average molecular weight is 184 g/mol. The minimum atomic E-state index is -0.593. The maximum atomic E-state index is 12.9. The van der Waals surface area contributed by atoms with Crippen LogP contribution in [0, 0.1) is 5.82 Å². The molecule has 0 aliphatic carbocycles. The fraction of sp³-hybridized carbons (Fsp3) is 0.400. The second kappa shape index (κ2) is 4.12. The van der Waals surface area contributed by atoms with E-state index in [9.17, 15) is 4.39 Å². The molecule has 0 spiro atoms. The van der Waals surface area contributed by atoms with Crippen LogP contribution in [0.25, 0.3) is 0 Å². The van der Waals surface area contributed by atoms with Crippen molar-refractivity contribution in [3.8, 4) is 11.5 Å². The topological polar surface area (TPSA) is 29.5 Å². The molecule has 0 radical (unpaired) electrons. The maximum absolute atomic E-state index is 12.9. The molecular weight excluding hydrogens is 171 g/mol. The Morgan fingerprint density at radius 3 is 2.69 bits per heavy atom. The maximum Gasteiger partial charge on any atom is 0.165 e. The Bertz CT molecular complexity index is 297. The molecule has 2 nitrogen and oxygen atoms in total. The zero-order valence-electron chi connectivity index (χ0n) is 7.80. The molecule has 13 heavy (non-hydrogen) atoms. The van der Waals surface area contributed by atoms with Crippen LogP contribution in [0.15, 0.2) is 12.1 Å². The van der Waals surface area contributed by atoms with Crippen LogP contribution in [0.2, 0.25) is 0 Å². The summed E-state index contributed by atoms with van der Waals surface area (Å²) in [7, 11) is 1.51. The summed E-state index contributed by atoms with van der Waals surface area (Å²) in [6, 6.07) is 2.62. The van der Waals surface area contributed by atoms with Gasteiger partial charge in [-0.2, -0.15) is 0 Å². The van der Waals surface area contributed by atoms with E-state index in [0.29, 0.717) is 5.75 Å². The molecule has 72 valence electrons. The van der Waals surface area contributed by atoms with Crippen molar-refractivity contribution >= 4 is 0 Å². The number of methoxy groups -OCH3 is 1. The lowest BCUT2D eigenvalue weighted by molar-refractivity contribution is 0.392. The first kappa shape index (κ1) is 9.84. The summed E-state index contributed by atoms with van der Waals surface area (Å²) < 4.78 is 17.9. The minimum Gasteiger partial charge on any atom is -0.505 e. The van der Waals surface area contributed by atoms with Crippen molar-refractivity contribution in [2.45, 2.75) is 19.8 Å². The number of hydrogen-bond acceptors (Lipinski definition) is 2. The van der Waals surface area contributed by atoms with Crippen LogP contribution in [-0.4, -0.2) is 12.2 Å². The summed E-state index contributed by atoms with van der Waals surface area (Å²) in [4.78, 5) is 0. The van der Waals surface area contributed by atoms with E-state index in [1.54, 1.807) is 0 Å². The first-order valence-corrected chi connectivity index (χ1v) is 4.24. The van der Waals surface area contributed by atoms with Crippen LogP contribution in [-0.2, 0) is 6.42 Å². The molecule has 0 heterocycles. The molecule has 0 bridgehead atoms. The summed E-state index contributed by atoms with van der Waals surface area (Å²) in [6.07, 6.45) is 1.67. The number of hydrogen-bond donors (Lipinski definition) is 1. The lowest BCUT2D eigenvalue weighted by Crippen LogP contribution is -1.93. The van der Waals surface area contributed by atoms with Gasteiger partial charge in [-0.15, -0.1) is 0 Å². The molecule has 0 amide bonds. The number of aryl methyl sites for hydroxylation is 1. The highest BCUT2D eigenvalue weighted by Crippen LogP contribution is 2.27. The highest BCUT2D eigenvalue weighted by molar-refractivity contribution is 5.41. The molecule has 0 aromatic heterocycles. The molecule has 0 unspecified atom stereocenters. The predicted octanol–water partition coefficient (Wildman–Crippen LogP) is 2.49. The van der Waals surface area contributed by atoms with Crippen molar-refractivity contribution in [3.05, 3.63) is 23.5 Å². The largest absolute Gasteiger partial charge is 0.505 e. The summed E-state index contributed by atoms with van der Waals surface area (Å²) in [5, 5.41) is 9.07. The van der Waals surface area contributed by atoms with Crippen molar-refractivity contribution in [3.63, 3.8) is 0 Å². The number of ether oxygens (including phenoxy) is 1. The molecule has 0 fully saturated rings. The Balaban J connectivity index is 3.09. The fourth-order valence-electron chi connectivity index (χ4n) is 1.24. The Labute approximate surface area is 77.0 Å². The number of rotatable bonds is 3. The number of halogens is 1. The average Bonchev–Trinajstić information content (AvgIpc) is 2.11. The van der Waals surface area contributed by atoms with Crippen LogP contribution in [0.4, 0.5) is 4.39 Å². The molecule has 1 rings (SSSR count). The van der Waals surface area contributed by atoms with Gasteiger partial charge in [0, 0.05) is 6.07 Å². The molecule has 1 aromatic carbocycles. The van der Waals surface area contributed by atoms with Crippen molar-refractivity contribution in [1.29, 1.82) is 0 Å². The van der Waals surface area contributed by atoms with Crippen molar-refractivity contribution in [2.24, 2.45) is 0 Å². The minimum absolute atomic E-state index is 0.364. The SMILES string of the molecule is CCCc1cc(F)c(O)cc1OC. The second-order valence-electron chi connectivity index (χ2n) is 2.87. The fourth-order valence-corrected chi connectivity index (χ4v) is 1.24. The van der Waals surface area contributed by atoms with E-state index in [1.165, 1.54) is 19.2 Å². The van der Waals surface area contributed by atoms with E-state index in [0.717, 1.165) is 18.4 Å². The number of benzene rings is 1. The smallest absolute Gasteiger partial charge is 0.165 e. The highest BCUT2D eigenvalue weighted by atomic mass is 19.1. The molecular formula is C10H13FO2. The van der Waals surface area contributed by atoms with Crippen molar-refractivity contribution in [1.82, 2.24) is 0 Å². The van der Waals surface area contributed by atoms with Gasteiger partial charge < -0.3 is 9.84 Å². The molecule has 0 saturated carbocycles. The van der Waals surface area contributed by atoms with Gasteiger partial charge in [-0.25, -0.2) is 4.39 Å². The van der Waals surface area contributed by atoms with E-state index < -0.39 is 5.82 Å². The summed E-state index contributed by atoms with van der Waals surface area (Å²) in [6.45, 7) is 2.00. The number of phenols is 1. The number of aromatic hydroxyl groups is 1. The van der Waals surface area contributed by atoms with Crippen LogP contribution in [0.5, 0.6) is 11.5 Å². The van der Waals surface area contributed by atoms with E-state index >= 15 is 0 Å². The van der Waals surface area contributed by atoms with E-state index in [-0.39, 0.29) is 5.75 Å². The molecule has 0 atom stereocenters. The molecule has 0 aliphatic rings. The van der Waals surface area contributed by atoms with Gasteiger partial charge in [0.25, 0.3) is 0 Å². The normalized spacial score (nSPS) is 10.1.